The van der Waals surface area contributed by atoms with Crippen LogP contribution in [0.25, 0.3) is 11.1 Å². The summed E-state index contributed by atoms with van der Waals surface area (Å²) < 4.78 is 0. The summed E-state index contributed by atoms with van der Waals surface area (Å²) in [5.41, 5.74) is 10.4. The summed E-state index contributed by atoms with van der Waals surface area (Å²) in [6.07, 6.45) is 0. The van der Waals surface area contributed by atoms with Crippen LogP contribution in [0.5, 0.6) is 5.75 Å². The maximum absolute atomic E-state index is 12.1. The van der Waals surface area contributed by atoms with Crippen molar-refractivity contribution >= 4 is 34.1 Å². The van der Waals surface area contributed by atoms with Crippen molar-refractivity contribution in [3.05, 3.63) is 163 Å². The molecule has 1 N–H and O–H groups in total. The van der Waals surface area contributed by atoms with E-state index in [1.807, 2.05) is 72.8 Å². The van der Waals surface area contributed by atoms with Gasteiger partial charge < -0.3 is 14.9 Å². The van der Waals surface area contributed by atoms with Crippen molar-refractivity contribution in [3.8, 4) is 16.9 Å². The van der Waals surface area contributed by atoms with Crippen LogP contribution < -0.4 is 9.80 Å². The van der Waals surface area contributed by atoms with Gasteiger partial charge in [0, 0.05) is 28.2 Å². The fraction of sp³-hybridized carbons (Fsp3) is 0.0769. The van der Waals surface area contributed by atoms with E-state index in [1.165, 1.54) is 22.3 Å². The lowest BCUT2D eigenvalue weighted by molar-refractivity contribution is 0.478. The molecule has 0 atom stereocenters. The lowest BCUT2D eigenvalue weighted by atomic mass is 9.82. The first-order chi connectivity index (χ1) is 20.5. The number of rotatable bonds is 6. The highest BCUT2D eigenvalue weighted by Gasteiger charge is 2.36. The third kappa shape index (κ3) is 4.22. The molecule has 7 rings (SSSR count). The monoisotopic (exact) mass is 544 g/mol. The van der Waals surface area contributed by atoms with Gasteiger partial charge in [0.05, 0.1) is 11.4 Å². The lowest BCUT2D eigenvalue weighted by Crippen LogP contribution is -2.17. The zero-order chi connectivity index (χ0) is 28.7. The molecule has 204 valence electrons. The molecule has 0 amide bonds. The van der Waals surface area contributed by atoms with Crippen LogP contribution in [0.4, 0.5) is 34.1 Å². The van der Waals surface area contributed by atoms with Crippen molar-refractivity contribution in [1.29, 1.82) is 0 Å². The average Bonchev–Trinajstić information content (AvgIpc) is 3.27. The molecule has 0 aliphatic heterocycles. The van der Waals surface area contributed by atoms with Gasteiger partial charge in [0.2, 0.25) is 0 Å². The third-order valence-electron chi connectivity index (χ3n) is 8.34. The van der Waals surface area contributed by atoms with E-state index in [9.17, 15) is 5.11 Å². The molecule has 0 bridgehead atoms. The predicted octanol–water partition coefficient (Wildman–Crippen LogP) is 10.6. The molecule has 0 radical (unpaired) electrons. The molecule has 0 saturated carbocycles. The first kappa shape index (κ1) is 25.7. The molecule has 1 aliphatic rings. The Kier molecular flexibility index (Phi) is 6.28. The summed E-state index contributed by atoms with van der Waals surface area (Å²) >= 11 is 0. The van der Waals surface area contributed by atoms with Gasteiger partial charge in [-0.25, -0.2) is 0 Å². The molecule has 1 aliphatic carbocycles. The normalized spacial score (nSPS) is 12.8. The van der Waals surface area contributed by atoms with Crippen molar-refractivity contribution in [1.82, 2.24) is 0 Å². The predicted molar refractivity (Wildman–Crippen MR) is 175 cm³/mol. The Labute approximate surface area is 247 Å². The summed E-state index contributed by atoms with van der Waals surface area (Å²) in [5, 5.41) is 12.1. The van der Waals surface area contributed by atoms with E-state index in [1.54, 1.807) is 0 Å². The Bertz CT molecular complexity index is 1820. The number of para-hydroxylation sites is 4. The van der Waals surface area contributed by atoms with E-state index < -0.39 is 0 Å². The highest BCUT2D eigenvalue weighted by atomic mass is 16.3. The Morgan fingerprint density at radius 2 is 0.881 bits per heavy atom. The number of anilines is 6. The van der Waals surface area contributed by atoms with Crippen LogP contribution in [0, 0.1) is 0 Å². The van der Waals surface area contributed by atoms with Gasteiger partial charge >= 0.3 is 0 Å². The minimum atomic E-state index is -0.133. The first-order valence-electron chi connectivity index (χ1n) is 14.4. The van der Waals surface area contributed by atoms with Gasteiger partial charge in [0.25, 0.3) is 0 Å². The number of benzene rings is 6. The van der Waals surface area contributed by atoms with Crippen molar-refractivity contribution < 1.29 is 5.11 Å². The molecule has 6 aromatic carbocycles. The first-order valence-corrected chi connectivity index (χ1v) is 14.4. The van der Waals surface area contributed by atoms with Gasteiger partial charge in [-0.05, 0) is 82.9 Å². The Balaban J connectivity index is 1.42. The van der Waals surface area contributed by atoms with Crippen molar-refractivity contribution in [2.45, 2.75) is 19.3 Å². The minimum absolute atomic E-state index is 0.133. The van der Waals surface area contributed by atoms with Gasteiger partial charge in [0.1, 0.15) is 0 Å². The van der Waals surface area contributed by atoms with E-state index in [2.05, 4.69) is 103 Å². The fourth-order valence-electron chi connectivity index (χ4n) is 6.30. The van der Waals surface area contributed by atoms with E-state index in [0.717, 1.165) is 22.7 Å². The van der Waals surface area contributed by atoms with Crippen LogP contribution in [0.15, 0.2) is 152 Å². The molecule has 0 aromatic heterocycles. The van der Waals surface area contributed by atoms with Crippen molar-refractivity contribution in [2.24, 2.45) is 0 Å². The molecular weight excluding hydrogens is 512 g/mol. The van der Waals surface area contributed by atoms with E-state index in [4.69, 9.17) is 0 Å². The molecule has 0 saturated heterocycles. The summed E-state index contributed by atoms with van der Waals surface area (Å²) in [4.78, 5) is 4.26. The summed E-state index contributed by atoms with van der Waals surface area (Å²) in [6.45, 7) is 4.59. The SMILES string of the molecule is CC1(C)c2ccccc2-c2ccc(N(c3ccccc3)c3cccc(N(c4ccccc4)c4ccccc4)c3O)cc21. The molecular formula is C39H32N2O. The minimum Gasteiger partial charge on any atom is -0.504 e. The molecule has 0 heterocycles. The number of hydrogen-bond acceptors (Lipinski definition) is 3. The van der Waals surface area contributed by atoms with Crippen LogP contribution in [0.1, 0.15) is 25.0 Å². The van der Waals surface area contributed by atoms with Crippen molar-refractivity contribution in [3.63, 3.8) is 0 Å². The van der Waals surface area contributed by atoms with Crippen molar-refractivity contribution in [2.75, 3.05) is 9.80 Å². The Morgan fingerprint density at radius 3 is 1.43 bits per heavy atom. The molecule has 0 spiro atoms. The second-order valence-corrected chi connectivity index (χ2v) is 11.2. The van der Waals surface area contributed by atoms with Crippen LogP contribution >= 0.6 is 0 Å². The summed E-state index contributed by atoms with van der Waals surface area (Å²) in [5.74, 6) is 0.206. The molecule has 3 nitrogen and oxygen atoms in total. The maximum atomic E-state index is 12.1. The quantitative estimate of drug-likeness (QED) is 0.226. The van der Waals surface area contributed by atoms with Gasteiger partial charge in [-0.15, -0.1) is 0 Å². The standard InChI is InChI=1S/C39H32N2O/c1-39(2)34-22-13-12-21-32(34)33-26-25-31(27-35(33)39)41(30-19-10-5-11-20-30)37-24-14-23-36(38(37)42)40(28-15-6-3-7-16-28)29-17-8-4-9-18-29/h3-27,42H,1-2H3. The van der Waals surface area contributed by atoms with E-state index >= 15 is 0 Å². The van der Waals surface area contributed by atoms with Crippen LogP contribution in [-0.4, -0.2) is 5.11 Å². The number of hydrogen-bond donors (Lipinski definition) is 1. The second-order valence-electron chi connectivity index (χ2n) is 11.2. The van der Waals surface area contributed by atoms with Crippen LogP contribution in [0.3, 0.4) is 0 Å². The van der Waals surface area contributed by atoms with Gasteiger partial charge in [-0.2, -0.15) is 0 Å². The molecule has 0 unspecified atom stereocenters. The van der Waals surface area contributed by atoms with E-state index in [0.29, 0.717) is 11.4 Å². The van der Waals surface area contributed by atoms with Crippen LogP contribution in [0.2, 0.25) is 0 Å². The average molecular weight is 545 g/mol. The molecule has 0 fully saturated rings. The number of aromatic hydroxyl groups is 1. The number of fused-ring (bicyclic) bond motifs is 3. The maximum Gasteiger partial charge on any atom is 0.163 e. The van der Waals surface area contributed by atoms with E-state index in [-0.39, 0.29) is 11.2 Å². The summed E-state index contributed by atoms with van der Waals surface area (Å²) in [7, 11) is 0. The third-order valence-corrected chi connectivity index (χ3v) is 8.34. The topological polar surface area (TPSA) is 26.7 Å². The highest BCUT2D eigenvalue weighted by molar-refractivity contribution is 5.90. The van der Waals surface area contributed by atoms with Gasteiger partial charge in [0.15, 0.2) is 5.75 Å². The van der Waals surface area contributed by atoms with Gasteiger partial charge in [-0.3, -0.25) is 0 Å². The number of nitrogens with zero attached hydrogens (tertiary/aromatic N) is 2. The number of phenolic OH excluding ortho intramolecular Hbond substituents is 1. The Morgan fingerprint density at radius 1 is 0.429 bits per heavy atom. The Hall–Kier alpha value is -5.28. The largest absolute Gasteiger partial charge is 0.504 e. The zero-order valence-electron chi connectivity index (χ0n) is 23.8. The molecule has 3 heteroatoms. The summed E-state index contributed by atoms with van der Waals surface area (Å²) in [6, 6.07) is 52.0. The number of phenols is 1. The zero-order valence-corrected chi connectivity index (χ0v) is 23.8. The fourth-order valence-corrected chi connectivity index (χ4v) is 6.30. The molecule has 6 aromatic rings. The smallest absolute Gasteiger partial charge is 0.163 e. The lowest BCUT2D eigenvalue weighted by Gasteiger charge is -2.31. The van der Waals surface area contributed by atoms with Gasteiger partial charge in [-0.1, -0.05) is 105 Å². The van der Waals surface area contributed by atoms with Crippen LogP contribution in [-0.2, 0) is 5.41 Å². The molecule has 42 heavy (non-hydrogen) atoms. The second kappa shape index (κ2) is 10.3. The highest BCUT2D eigenvalue weighted by Crippen LogP contribution is 2.52.